The lowest BCUT2D eigenvalue weighted by atomic mass is 10.2. The van der Waals surface area contributed by atoms with Gasteiger partial charge in [0.15, 0.2) is 11.2 Å². The Morgan fingerprint density at radius 2 is 1.90 bits per heavy atom. The van der Waals surface area contributed by atoms with E-state index >= 15 is 0 Å². The van der Waals surface area contributed by atoms with E-state index in [1.165, 1.54) is 10.6 Å². The second kappa shape index (κ2) is 7.39. The third-order valence-corrected chi connectivity index (χ3v) is 5.86. The molecule has 0 radical (unpaired) electrons. The molecule has 2 aromatic carbocycles. The predicted octanol–water partition coefficient (Wildman–Crippen LogP) is 3.28. The molecule has 9 heteroatoms. The zero-order valence-corrected chi connectivity index (χ0v) is 17.5. The number of aryl methyl sites for hydroxylation is 2. The fraction of sp³-hybridized carbons (Fsp3) is 0.227. The molecule has 0 saturated carbocycles. The maximum absolute atomic E-state index is 14.2. The molecule has 7 nitrogen and oxygen atoms in total. The Bertz CT molecular complexity index is 1440. The number of imidazole rings is 1. The molecule has 0 unspecified atom stereocenters. The highest BCUT2D eigenvalue weighted by atomic mass is 35.5. The first-order valence-corrected chi connectivity index (χ1v) is 10.3. The van der Waals surface area contributed by atoms with Gasteiger partial charge in [0.1, 0.15) is 5.82 Å². The standard InChI is InChI=1S/C22H19ClFN5O2/c1-26-19-18(20(30)29(22(26)31)13-14-6-2-3-9-17(14)24)28-11-5-10-27(21(28)25-19)16-8-4-7-15(23)12-16/h2-4,6-9,12H,5,10-11,13H2,1H3. The van der Waals surface area contributed by atoms with E-state index in [4.69, 9.17) is 11.6 Å². The molecule has 0 bridgehead atoms. The SMILES string of the molecule is Cn1c(=O)n(Cc2ccccc2F)c(=O)c2c1nc1n2CCCN1c1cccc(Cl)c1. The van der Waals surface area contributed by atoms with E-state index in [2.05, 4.69) is 4.98 Å². The van der Waals surface area contributed by atoms with Gasteiger partial charge in [-0.3, -0.25) is 13.9 Å². The lowest BCUT2D eigenvalue weighted by Crippen LogP contribution is -2.40. The molecule has 0 spiro atoms. The van der Waals surface area contributed by atoms with Crippen LogP contribution in [0.3, 0.4) is 0 Å². The predicted molar refractivity (Wildman–Crippen MR) is 118 cm³/mol. The number of aromatic nitrogens is 4. The van der Waals surface area contributed by atoms with Crippen LogP contribution in [0.4, 0.5) is 16.0 Å². The Labute approximate surface area is 181 Å². The maximum Gasteiger partial charge on any atom is 0.332 e. The summed E-state index contributed by atoms with van der Waals surface area (Å²) < 4.78 is 18.4. The molecule has 0 amide bonds. The van der Waals surface area contributed by atoms with Crippen molar-refractivity contribution in [3.05, 3.63) is 85.8 Å². The minimum Gasteiger partial charge on any atom is -0.312 e. The number of halogens is 2. The molecule has 5 rings (SSSR count). The van der Waals surface area contributed by atoms with Crippen molar-refractivity contribution in [2.45, 2.75) is 19.5 Å². The van der Waals surface area contributed by atoms with Crippen molar-refractivity contribution in [1.82, 2.24) is 18.7 Å². The molecule has 2 aromatic heterocycles. The maximum atomic E-state index is 14.2. The molecule has 3 heterocycles. The van der Waals surface area contributed by atoms with Crippen LogP contribution in [0.5, 0.6) is 0 Å². The van der Waals surface area contributed by atoms with E-state index in [0.29, 0.717) is 35.2 Å². The van der Waals surface area contributed by atoms with Crippen molar-refractivity contribution >= 4 is 34.4 Å². The average molecular weight is 440 g/mol. The van der Waals surface area contributed by atoms with E-state index in [1.807, 2.05) is 27.7 Å². The van der Waals surface area contributed by atoms with E-state index in [1.54, 1.807) is 31.3 Å². The summed E-state index contributed by atoms with van der Waals surface area (Å²) in [4.78, 5) is 33.0. The van der Waals surface area contributed by atoms with E-state index in [-0.39, 0.29) is 12.1 Å². The summed E-state index contributed by atoms with van der Waals surface area (Å²) in [6.45, 7) is 1.16. The smallest absolute Gasteiger partial charge is 0.312 e. The van der Waals surface area contributed by atoms with Gasteiger partial charge in [-0.15, -0.1) is 0 Å². The van der Waals surface area contributed by atoms with Gasteiger partial charge in [0.25, 0.3) is 5.56 Å². The van der Waals surface area contributed by atoms with Crippen molar-refractivity contribution in [2.24, 2.45) is 7.05 Å². The molecular weight excluding hydrogens is 421 g/mol. The molecule has 1 aliphatic heterocycles. The van der Waals surface area contributed by atoms with Crippen LogP contribution < -0.4 is 16.1 Å². The number of benzene rings is 2. The van der Waals surface area contributed by atoms with Gasteiger partial charge in [-0.05, 0) is 30.7 Å². The highest BCUT2D eigenvalue weighted by Crippen LogP contribution is 2.32. The second-order valence-corrected chi connectivity index (χ2v) is 7.98. The van der Waals surface area contributed by atoms with E-state index in [9.17, 15) is 14.0 Å². The van der Waals surface area contributed by atoms with Crippen LogP contribution in [0, 0.1) is 5.82 Å². The monoisotopic (exact) mass is 439 g/mol. The molecule has 0 fully saturated rings. The van der Waals surface area contributed by atoms with Crippen LogP contribution in [-0.2, 0) is 20.1 Å². The number of hydrogen-bond acceptors (Lipinski definition) is 4. The van der Waals surface area contributed by atoms with Gasteiger partial charge in [0, 0.05) is 36.4 Å². The molecule has 0 atom stereocenters. The number of anilines is 2. The first-order valence-electron chi connectivity index (χ1n) is 9.92. The number of nitrogens with zero attached hydrogens (tertiary/aromatic N) is 5. The molecule has 4 aromatic rings. The van der Waals surface area contributed by atoms with Crippen molar-refractivity contribution in [3.63, 3.8) is 0 Å². The summed E-state index contributed by atoms with van der Waals surface area (Å²) in [5.74, 6) is 0.123. The molecule has 0 N–H and O–H groups in total. The summed E-state index contributed by atoms with van der Waals surface area (Å²) in [5, 5.41) is 0.602. The minimum atomic E-state index is -0.537. The van der Waals surface area contributed by atoms with Crippen LogP contribution in [0.1, 0.15) is 12.0 Å². The lowest BCUT2D eigenvalue weighted by molar-refractivity contribution is 0.578. The number of rotatable bonds is 3. The first kappa shape index (κ1) is 19.6. The second-order valence-electron chi connectivity index (χ2n) is 7.55. The Kier molecular flexibility index (Phi) is 4.66. The molecular formula is C22H19ClFN5O2. The molecule has 158 valence electrons. The van der Waals surface area contributed by atoms with Crippen LogP contribution >= 0.6 is 11.6 Å². The van der Waals surface area contributed by atoms with Crippen LogP contribution in [0.2, 0.25) is 5.02 Å². The van der Waals surface area contributed by atoms with Gasteiger partial charge in [-0.1, -0.05) is 35.9 Å². The number of hydrogen-bond donors (Lipinski definition) is 0. The first-order chi connectivity index (χ1) is 15.0. The van der Waals surface area contributed by atoms with Gasteiger partial charge in [-0.2, -0.15) is 4.98 Å². The Morgan fingerprint density at radius 1 is 1.10 bits per heavy atom. The van der Waals surface area contributed by atoms with Gasteiger partial charge < -0.3 is 9.47 Å². The highest BCUT2D eigenvalue weighted by molar-refractivity contribution is 6.30. The third kappa shape index (κ3) is 3.14. The topological polar surface area (TPSA) is 65.1 Å². The Hall–Kier alpha value is -3.39. The zero-order valence-electron chi connectivity index (χ0n) is 16.8. The largest absolute Gasteiger partial charge is 0.332 e. The third-order valence-electron chi connectivity index (χ3n) is 5.62. The molecule has 0 saturated heterocycles. The van der Waals surface area contributed by atoms with Gasteiger partial charge in [-0.25, -0.2) is 9.18 Å². The summed E-state index contributed by atoms with van der Waals surface area (Å²) in [5.41, 5.74) is 0.767. The minimum absolute atomic E-state index is 0.146. The normalized spacial score (nSPS) is 13.6. The highest BCUT2D eigenvalue weighted by Gasteiger charge is 2.27. The van der Waals surface area contributed by atoms with E-state index in [0.717, 1.165) is 16.7 Å². The van der Waals surface area contributed by atoms with Crippen LogP contribution in [0.15, 0.2) is 58.1 Å². The fourth-order valence-corrected chi connectivity index (χ4v) is 4.27. The van der Waals surface area contributed by atoms with Crippen molar-refractivity contribution < 1.29 is 4.39 Å². The summed E-state index contributed by atoms with van der Waals surface area (Å²) in [7, 11) is 1.57. The zero-order chi connectivity index (χ0) is 21.7. The van der Waals surface area contributed by atoms with E-state index < -0.39 is 17.1 Å². The average Bonchev–Trinajstić information content (AvgIpc) is 3.16. The van der Waals surface area contributed by atoms with Crippen LogP contribution in [-0.4, -0.2) is 25.2 Å². The summed E-state index contributed by atoms with van der Waals surface area (Å²) in [6.07, 6.45) is 0.792. The number of fused-ring (bicyclic) bond motifs is 3. The molecule has 1 aliphatic rings. The van der Waals surface area contributed by atoms with Crippen molar-refractivity contribution in [3.8, 4) is 0 Å². The Morgan fingerprint density at radius 3 is 2.68 bits per heavy atom. The molecule has 31 heavy (non-hydrogen) atoms. The van der Waals surface area contributed by atoms with Crippen molar-refractivity contribution in [1.29, 1.82) is 0 Å². The molecule has 0 aliphatic carbocycles. The Balaban J connectivity index is 1.72. The van der Waals surface area contributed by atoms with Crippen molar-refractivity contribution in [2.75, 3.05) is 11.4 Å². The van der Waals surface area contributed by atoms with Crippen LogP contribution in [0.25, 0.3) is 11.2 Å². The van der Waals surface area contributed by atoms with Gasteiger partial charge >= 0.3 is 5.69 Å². The van der Waals surface area contributed by atoms with Gasteiger partial charge in [0.05, 0.1) is 6.54 Å². The van der Waals surface area contributed by atoms with Gasteiger partial charge in [0.2, 0.25) is 5.95 Å². The summed E-state index contributed by atoms with van der Waals surface area (Å²) in [6, 6.07) is 13.5. The lowest BCUT2D eigenvalue weighted by Gasteiger charge is -2.29. The summed E-state index contributed by atoms with van der Waals surface area (Å²) >= 11 is 6.17. The fourth-order valence-electron chi connectivity index (χ4n) is 4.09. The quantitative estimate of drug-likeness (QED) is 0.491.